The minimum absolute atomic E-state index is 0.0770. The number of rotatable bonds is 7. The Hall–Kier alpha value is -3.35. The second-order valence-corrected chi connectivity index (χ2v) is 8.01. The van der Waals surface area contributed by atoms with Gasteiger partial charge in [-0.1, -0.05) is 56.3 Å². The lowest BCUT2D eigenvalue weighted by Crippen LogP contribution is -2.47. The Morgan fingerprint density at radius 3 is 2.48 bits per heavy atom. The maximum Gasteiger partial charge on any atom is 0.329 e. The summed E-state index contributed by atoms with van der Waals surface area (Å²) < 4.78 is 5.21. The topological polar surface area (TPSA) is 96.5 Å². The molecule has 3 amide bonds. The first-order valence-corrected chi connectivity index (χ1v) is 10.6. The van der Waals surface area contributed by atoms with E-state index in [-0.39, 0.29) is 24.5 Å². The molecule has 31 heavy (non-hydrogen) atoms. The van der Waals surface area contributed by atoms with Gasteiger partial charge >= 0.3 is 12.0 Å². The van der Waals surface area contributed by atoms with E-state index >= 15 is 0 Å². The lowest BCUT2D eigenvalue weighted by atomic mass is 9.88. The number of para-hydroxylation sites is 1. The van der Waals surface area contributed by atoms with Crippen LogP contribution in [0.5, 0.6) is 0 Å². The second kappa shape index (κ2) is 10.6. The largest absolute Gasteiger partial charge is 0.454 e. The van der Waals surface area contributed by atoms with Crippen molar-refractivity contribution in [3.05, 3.63) is 65.7 Å². The van der Waals surface area contributed by atoms with Gasteiger partial charge in [-0.25, -0.2) is 9.59 Å². The molecule has 0 bridgehead atoms. The van der Waals surface area contributed by atoms with Gasteiger partial charge in [0, 0.05) is 5.69 Å². The van der Waals surface area contributed by atoms with Gasteiger partial charge in [0.15, 0.2) is 6.61 Å². The normalized spacial score (nSPS) is 16.0. The highest BCUT2D eigenvalue weighted by atomic mass is 16.5. The quantitative estimate of drug-likeness (QED) is 0.593. The van der Waals surface area contributed by atoms with Crippen LogP contribution >= 0.6 is 0 Å². The summed E-state index contributed by atoms with van der Waals surface area (Å²) in [4.78, 5) is 37.2. The molecule has 0 radical (unpaired) electrons. The van der Waals surface area contributed by atoms with Crippen molar-refractivity contribution >= 4 is 23.6 Å². The van der Waals surface area contributed by atoms with Gasteiger partial charge in [0.05, 0.1) is 6.04 Å². The molecule has 3 N–H and O–H groups in total. The standard InChI is InChI=1S/C24H29N3O4/c1-16(2)22(27-24(30)25-18-11-4-3-5-12-18)23(29)31-15-21(28)26-20-14-8-10-17-9-6-7-13-19(17)20/h3-7,9,11-13,16,20,22H,8,10,14-15H2,1-2H3,(H,26,28)(H2,25,27,30)/t20-,22-/m1/s1. The van der Waals surface area contributed by atoms with Crippen LogP contribution in [0.2, 0.25) is 0 Å². The fourth-order valence-electron chi connectivity index (χ4n) is 3.69. The molecular formula is C24H29N3O4. The third-order valence-corrected chi connectivity index (χ3v) is 5.29. The van der Waals surface area contributed by atoms with Gasteiger partial charge in [0.25, 0.3) is 5.91 Å². The highest BCUT2D eigenvalue weighted by Crippen LogP contribution is 2.29. The van der Waals surface area contributed by atoms with Crippen LogP contribution in [0.25, 0.3) is 0 Å². The molecule has 2 aromatic rings. The number of benzene rings is 2. The van der Waals surface area contributed by atoms with E-state index < -0.39 is 18.0 Å². The number of carbonyl (C=O) groups is 3. The third kappa shape index (κ3) is 6.31. The number of aryl methyl sites for hydroxylation is 1. The lowest BCUT2D eigenvalue weighted by Gasteiger charge is -2.26. The number of carbonyl (C=O) groups excluding carboxylic acids is 3. The smallest absolute Gasteiger partial charge is 0.329 e. The van der Waals surface area contributed by atoms with Crippen LogP contribution in [0.3, 0.4) is 0 Å². The molecule has 0 aliphatic heterocycles. The number of hydrogen-bond donors (Lipinski definition) is 3. The van der Waals surface area contributed by atoms with E-state index in [0.717, 1.165) is 24.8 Å². The van der Waals surface area contributed by atoms with Crippen molar-refractivity contribution < 1.29 is 19.1 Å². The molecule has 0 aromatic heterocycles. The molecule has 2 atom stereocenters. The summed E-state index contributed by atoms with van der Waals surface area (Å²) >= 11 is 0. The fraction of sp³-hybridized carbons (Fsp3) is 0.375. The third-order valence-electron chi connectivity index (χ3n) is 5.29. The SMILES string of the molecule is CC(C)[C@@H](NC(=O)Nc1ccccc1)C(=O)OCC(=O)N[C@@H]1CCCc2ccccc21. The van der Waals surface area contributed by atoms with Crippen LogP contribution in [0.1, 0.15) is 43.9 Å². The molecule has 3 rings (SSSR count). The molecule has 7 heteroatoms. The number of nitrogens with one attached hydrogen (secondary N) is 3. The summed E-state index contributed by atoms with van der Waals surface area (Å²) in [5, 5.41) is 8.26. The van der Waals surface area contributed by atoms with E-state index in [1.165, 1.54) is 5.56 Å². The highest BCUT2D eigenvalue weighted by molar-refractivity contribution is 5.93. The van der Waals surface area contributed by atoms with E-state index in [2.05, 4.69) is 22.0 Å². The Kier molecular flexibility index (Phi) is 7.65. The van der Waals surface area contributed by atoms with E-state index in [1.54, 1.807) is 38.1 Å². The molecular weight excluding hydrogens is 394 g/mol. The van der Waals surface area contributed by atoms with Crippen LogP contribution in [0, 0.1) is 5.92 Å². The second-order valence-electron chi connectivity index (χ2n) is 8.01. The average molecular weight is 424 g/mol. The zero-order valence-corrected chi connectivity index (χ0v) is 17.9. The lowest BCUT2D eigenvalue weighted by molar-refractivity contribution is -0.151. The zero-order valence-electron chi connectivity index (χ0n) is 17.9. The number of anilines is 1. The van der Waals surface area contributed by atoms with E-state index in [1.807, 2.05) is 24.3 Å². The van der Waals surface area contributed by atoms with Crippen LogP contribution in [0.4, 0.5) is 10.5 Å². The number of hydrogen-bond acceptors (Lipinski definition) is 4. The van der Waals surface area contributed by atoms with Crippen LogP contribution < -0.4 is 16.0 Å². The van der Waals surface area contributed by atoms with Gasteiger partial charge in [0.1, 0.15) is 6.04 Å². The number of amides is 3. The number of ether oxygens (including phenoxy) is 1. The van der Waals surface area contributed by atoms with Gasteiger partial charge in [0.2, 0.25) is 0 Å². The summed E-state index contributed by atoms with van der Waals surface area (Å²) in [6.07, 6.45) is 2.86. The summed E-state index contributed by atoms with van der Waals surface area (Å²) in [5.74, 6) is -1.20. The van der Waals surface area contributed by atoms with Gasteiger partial charge in [-0.05, 0) is 48.4 Å². The first-order valence-electron chi connectivity index (χ1n) is 10.6. The molecule has 0 spiro atoms. The van der Waals surface area contributed by atoms with Crippen molar-refractivity contribution in [2.24, 2.45) is 5.92 Å². The minimum atomic E-state index is -0.869. The summed E-state index contributed by atoms with van der Waals surface area (Å²) in [6, 6.07) is 15.5. The molecule has 2 aromatic carbocycles. The molecule has 1 aliphatic carbocycles. The van der Waals surface area contributed by atoms with Gasteiger partial charge < -0.3 is 20.7 Å². The Morgan fingerprint density at radius 2 is 1.74 bits per heavy atom. The minimum Gasteiger partial charge on any atom is -0.454 e. The van der Waals surface area contributed by atoms with Crippen LogP contribution in [-0.2, 0) is 20.7 Å². The molecule has 7 nitrogen and oxygen atoms in total. The summed E-state index contributed by atoms with van der Waals surface area (Å²) in [5.41, 5.74) is 2.97. The Balaban J connectivity index is 1.50. The van der Waals surface area contributed by atoms with Gasteiger partial charge in [-0.2, -0.15) is 0 Å². The van der Waals surface area contributed by atoms with Crippen molar-refractivity contribution in [3.8, 4) is 0 Å². The van der Waals surface area contributed by atoms with Crippen molar-refractivity contribution in [2.75, 3.05) is 11.9 Å². The summed E-state index contributed by atoms with van der Waals surface area (Å²) in [6.45, 7) is 3.21. The molecule has 0 unspecified atom stereocenters. The molecule has 1 aliphatic rings. The monoisotopic (exact) mass is 423 g/mol. The van der Waals surface area contributed by atoms with Crippen molar-refractivity contribution in [3.63, 3.8) is 0 Å². The van der Waals surface area contributed by atoms with Crippen LogP contribution in [-0.4, -0.2) is 30.6 Å². The molecule has 0 fully saturated rings. The zero-order chi connectivity index (χ0) is 22.2. The van der Waals surface area contributed by atoms with Gasteiger partial charge in [-0.3, -0.25) is 4.79 Å². The molecule has 0 saturated carbocycles. The average Bonchev–Trinajstić information content (AvgIpc) is 2.76. The van der Waals surface area contributed by atoms with Crippen molar-refractivity contribution in [2.45, 2.75) is 45.2 Å². The number of fused-ring (bicyclic) bond motifs is 1. The highest BCUT2D eigenvalue weighted by Gasteiger charge is 2.27. The van der Waals surface area contributed by atoms with Crippen molar-refractivity contribution in [1.29, 1.82) is 0 Å². The van der Waals surface area contributed by atoms with E-state index in [9.17, 15) is 14.4 Å². The molecule has 0 saturated heterocycles. The maximum absolute atomic E-state index is 12.5. The van der Waals surface area contributed by atoms with Gasteiger partial charge in [-0.15, -0.1) is 0 Å². The predicted molar refractivity (Wildman–Crippen MR) is 118 cm³/mol. The number of urea groups is 1. The first kappa shape index (κ1) is 22.3. The van der Waals surface area contributed by atoms with Crippen molar-refractivity contribution in [1.82, 2.24) is 10.6 Å². The van der Waals surface area contributed by atoms with E-state index in [4.69, 9.17) is 4.74 Å². The Morgan fingerprint density at radius 1 is 1.03 bits per heavy atom. The Bertz CT molecular complexity index is 914. The number of esters is 1. The molecule has 164 valence electrons. The maximum atomic E-state index is 12.5. The fourth-order valence-corrected chi connectivity index (χ4v) is 3.69. The van der Waals surface area contributed by atoms with Crippen LogP contribution in [0.15, 0.2) is 54.6 Å². The summed E-state index contributed by atoms with van der Waals surface area (Å²) in [7, 11) is 0. The predicted octanol–water partition coefficient (Wildman–Crippen LogP) is 3.57. The first-order chi connectivity index (χ1) is 14.9. The van der Waals surface area contributed by atoms with E-state index in [0.29, 0.717) is 5.69 Å². The molecule has 0 heterocycles. The Labute approximate surface area is 182 Å².